The van der Waals surface area contributed by atoms with E-state index in [0.717, 1.165) is 12.1 Å². The zero-order valence-corrected chi connectivity index (χ0v) is 13.5. The number of carbonyl (C=O) groups excluding carboxylic acids is 1. The number of hydrogen-bond donors (Lipinski definition) is 1. The maximum Gasteiger partial charge on any atom is 0.306 e. The van der Waals surface area contributed by atoms with Gasteiger partial charge in [-0.25, -0.2) is 4.39 Å². The van der Waals surface area contributed by atoms with Gasteiger partial charge in [0.1, 0.15) is 17.3 Å². The van der Waals surface area contributed by atoms with Crippen molar-refractivity contribution in [2.45, 2.75) is 19.3 Å². The van der Waals surface area contributed by atoms with Crippen molar-refractivity contribution in [1.82, 2.24) is 0 Å². The highest BCUT2D eigenvalue weighted by Crippen LogP contribution is 2.35. The summed E-state index contributed by atoms with van der Waals surface area (Å²) >= 11 is 0. The molecule has 0 unspecified atom stereocenters. The van der Waals surface area contributed by atoms with E-state index in [4.69, 9.17) is 9.15 Å². The third kappa shape index (κ3) is 3.56. The molecule has 0 bridgehead atoms. The van der Waals surface area contributed by atoms with E-state index in [0.29, 0.717) is 5.75 Å². The normalized spacial score (nSPS) is 11.8. The van der Waals surface area contributed by atoms with E-state index in [1.54, 1.807) is 0 Å². The van der Waals surface area contributed by atoms with E-state index in [1.807, 2.05) is 0 Å². The molecular weight excluding hydrogens is 319 g/mol. The van der Waals surface area contributed by atoms with Crippen LogP contribution in [0.3, 0.4) is 0 Å². The molecule has 6 nitrogen and oxygen atoms in total. The predicted molar refractivity (Wildman–Crippen MR) is 82.8 cm³/mol. The molecule has 1 atom stereocenters. The Bertz CT molecular complexity index is 811. The van der Waals surface area contributed by atoms with Gasteiger partial charge in [-0.05, 0) is 18.6 Å². The number of rotatable bonds is 5. The molecule has 0 saturated carbocycles. The summed E-state index contributed by atoms with van der Waals surface area (Å²) in [6.07, 6.45) is -0.306. The highest BCUT2D eigenvalue weighted by Gasteiger charge is 2.28. The number of aryl methyl sites for hydroxylation is 1. The van der Waals surface area contributed by atoms with Gasteiger partial charge < -0.3 is 19.0 Å². The lowest BCUT2D eigenvalue weighted by atomic mass is 9.91. The number of hydrogen-bond acceptors (Lipinski definition) is 6. The SMILES string of the molecule is COC(=O)C[C@@H](c1ccc(OC)cc1F)c1oc(C)cc(=O)c1O. The van der Waals surface area contributed by atoms with E-state index < -0.39 is 28.9 Å². The first kappa shape index (κ1) is 17.5. The standard InChI is InChI=1S/C17H17FO6/c1-9-6-14(19)16(21)17(24-9)12(8-15(20)23-3)11-5-4-10(22-2)7-13(11)18/h4-7,12,21H,8H2,1-3H3/t12-/m0/s1. The number of carbonyl (C=O) groups is 1. The third-order valence-corrected chi connectivity index (χ3v) is 3.57. The van der Waals surface area contributed by atoms with Gasteiger partial charge >= 0.3 is 5.97 Å². The molecule has 128 valence electrons. The highest BCUT2D eigenvalue weighted by atomic mass is 19.1. The van der Waals surface area contributed by atoms with Gasteiger partial charge in [-0.2, -0.15) is 0 Å². The quantitative estimate of drug-likeness (QED) is 0.844. The predicted octanol–water partition coefficient (Wildman–Crippen LogP) is 2.50. The Labute approximate surface area is 137 Å². The third-order valence-electron chi connectivity index (χ3n) is 3.57. The first-order chi connectivity index (χ1) is 11.4. The summed E-state index contributed by atoms with van der Waals surface area (Å²) in [6, 6.07) is 5.17. The topological polar surface area (TPSA) is 86.0 Å². The van der Waals surface area contributed by atoms with E-state index >= 15 is 0 Å². The van der Waals surface area contributed by atoms with E-state index in [9.17, 15) is 19.1 Å². The van der Waals surface area contributed by atoms with Gasteiger partial charge in [0.15, 0.2) is 5.76 Å². The second-order valence-corrected chi connectivity index (χ2v) is 5.15. The molecule has 1 aromatic carbocycles. The van der Waals surface area contributed by atoms with Crippen LogP contribution < -0.4 is 10.2 Å². The Morgan fingerprint density at radius 3 is 2.62 bits per heavy atom. The Hall–Kier alpha value is -2.83. The van der Waals surface area contributed by atoms with Crippen molar-refractivity contribution in [3.8, 4) is 11.5 Å². The van der Waals surface area contributed by atoms with Gasteiger partial charge in [0.25, 0.3) is 0 Å². The Balaban J connectivity index is 2.62. The average molecular weight is 336 g/mol. The minimum Gasteiger partial charge on any atom is -0.502 e. The minimum absolute atomic E-state index is 0.0743. The summed E-state index contributed by atoms with van der Waals surface area (Å²) in [5.74, 6) is -2.64. The Kier molecular flexibility index (Phi) is 5.23. The lowest BCUT2D eigenvalue weighted by Gasteiger charge is -2.18. The van der Waals surface area contributed by atoms with Crippen molar-refractivity contribution < 1.29 is 28.2 Å². The van der Waals surface area contributed by atoms with Crippen molar-refractivity contribution in [2.24, 2.45) is 0 Å². The van der Waals surface area contributed by atoms with Crippen molar-refractivity contribution in [2.75, 3.05) is 14.2 Å². The van der Waals surface area contributed by atoms with Crippen LogP contribution in [0.2, 0.25) is 0 Å². The average Bonchev–Trinajstić information content (AvgIpc) is 2.56. The fourth-order valence-electron chi connectivity index (χ4n) is 2.37. The molecule has 1 N–H and O–H groups in total. The number of halogens is 1. The first-order valence-corrected chi connectivity index (χ1v) is 7.11. The molecule has 24 heavy (non-hydrogen) atoms. The van der Waals surface area contributed by atoms with Gasteiger partial charge in [-0.1, -0.05) is 6.07 Å². The number of esters is 1. The Morgan fingerprint density at radius 1 is 1.33 bits per heavy atom. The molecule has 0 radical (unpaired) electrons. The van der Waals surface area contributed by atoms with Crippen LogP contribution in [0, 0.1) is 12.7 Å². The molecule has 0 aliphatic rings. The number of aromatic hydroxyl groups is 1. The van der Waals surface area contributed by atoms with Crippen LogP contribution in [0.25, 0.3) is 0 Å². The summed E-state index contributed by atoms with van der Waals surface area (Å²) < 4.78 is 29.4. The largest absolute Gasteiger partial charge is 0.502 e. The maximum atomic E-state index is 14.4. The molecule has 2 aromatic rings. The van der Waals surface area contributed by atoms with Crippen LogP contribution in [0.15, 0.2) is 33.5 Å². The van der Waals surface area contributed by atoms with Gasteiger partial charge in [-0.15, -0.1) is 0 Å². The minimum atomic E-state index is -1.02. The van der Waals surface area contributed by atoms with Crippen LogP contribution in [0.5, 0.6) is 11.5 Å². The smallest absolute Gasteiger partial charge is 0.306 e. The lowest BCUT2D eigenvalue weighted by molar-refractivity contribution is -0.140. The van der Waals surface area contributed by atoms with Crippen LogP contribution in [0.1, 0.15) is 29.4 Å². The second-order valence-electron chi connectivity index (χ2n) is 5.15. The van der Waals surface area contributed by atoms with Crippen LogP contribution >= 0.6 is 0 Å². The molecular formula is C17H17FO6. The van der Waals surface area contributed by atoms with Crippen molar-refractivity contribution in [1.29, 1.82) is 0 Å². The molecule has 1 heterocycles. The molecule has 0 saturated heterocycles. The molecule has 2 rings (SSSR count). The fourth-order valence-corrected chi connectivity index (χ4v) is 2.37. The molecule has 0 amide bonds. The molecule has 0 fully saturated rings. The summed E-state index contributed by atoms with van der Waals surface area (Å²) in [5.41, 5.74) is -0.595. The van der Waals surface area contributed by atoms with Gasteiger partial charge in [0, 0.05) is 12.1 Å². The first-order valence-electron chi connectivity index (χ1n) is 7.11. The van der Waals surface area contributed by atoms with Gasteiger partial charge in [0.05, 0.1) is 26.6 Å². The van der Waals surface area contributed by atoms with Crippen molar-refractivity contribution in [3.05, 3.63) is 57.4 Å². The number of ether oxygens (including phenoxy) is 2. The molecule has 0 spiro atoms. The highest BCUT2D eigenvalue weighted by molar-refractivity contribution is 5.71. The summed E-state index contributed by atoms with van der Waals surface area (Å²) in [4.78, 5) is 23.5. The monoisotopic (exact) mass is 336 g/mol. The van der Waals surface area contributed by atoms with Crippen LogP contribution in [-0.2, 0) is 9.53 Å². The molecule has 0 aliphatic heterocycles. The molecule has 0 aliphatic carbocycles. The van der Waals surface area contributed by atoms with Crippen LogP contribution in [0.4, 0.5) is 4.39 Å². The molecule has 7 heteroatoms. The molecule has 1 aromatic heterocycles. The maximum absolute atomic E-state index is 14.4. The zero-order chi connectivity index (χ0) is 17.9. The lowest BCUT2D eigenvalue weighted by Crippen LogP contribution is -2.14. The van der Waals surface area contributed by atoms with Crippen molar-refractivity contribution in [3.63, 3.8) is 0 Å². The van der Waals surface area contributed by atoms with Crippen molar-refractivity contribution >= 4 is 5.97 Å². The number of methoxy groups -OCH3 is 2. The number of benzene rings is 1. The fraction of sp³-hybridized carbons (Fsp3) is 0.294. The van der Waals surface area contributed by atoms with E-state index in [-0.39, 0.29) is 23.5 Å². The second kappa shape index (κ2) is 7.16. The van der Waals surface area contributed by atoms with E-state index in [1.165, 1.54) is 33.3 Å². The summed E-state index contributed by atoms with van der Waals surface area (Å²) in [6.45, 7) is 1.52. The summed E-state index contributed by atoms with van der Waals surface area (Å²) in [7, 11) is 2.59. The Morgan fingerprint density at radius 2 is 2.04 bits per heavy atom. The van der Waals surface area contributed by atoms with Crippen LogP contribution in [-0.4, -0.2) is 25.3 Å². The summed E-state index contributed by atoms with van der Waals surface area (Å²) in [5, 5.41) is 10.0. The van der Waals surface area contributed by atoms with Gasteiger partial charge in [0.2, 0.25) is 11.2 Å². The zero-order valence-electron chi connectivity index (χ0n) is 13.5. The van der Waals surface area contributed by atoms with Gasteiger partial charge in [-0.3, -0.25) is 9.59 Å². The van der Waals surface area contributed by atoms with E-state index in [2.05, 4.69) is 4.74 Å².